The van der Waals surface area contributed by atoms with E-state index >= 15 is 0 Å². The molecule has 90 valence electrons. The Morgan fingerprint density at radius 3 is 2.72 bits per heavy atom. The fourth-order valence-electron chi connectivity index (χ4n) is 2.74. The molecule has 0 bridgehead atoms. The van der Waals surface area contributed by atoms with Gasteiger partial charge in [0.05, 0.1) is 0 Å². The summed E-state index contributed by atoms with van der Waals surface area (Å²) < 4.78 is 0. The molecule has 1 aromatic carbocycles. The van der Waals surface area contributed by atoms with Crippen LogP contribution in [0.3, 0.4) is 0 Å². The van der Waals surface area contributed by atoms with Crippen molar-refractivity contribution in [1.82, 2.24) is 4.98 Å². The summed E-state index contributed by atoms with van der Waals surface area (Å²) in [7, 11) is 0. The lowest BCUT2D eigenvalue weighted by Crippen LogP contribution is -2.18. The largest absolute Gasteiger partial charge is 0.293 e. The number of Topliss-reactive ketones (excluding diaryl/α,β-unsaturated/α-hetero) is 1. The fraction of sp³-hybridized carbons (Fsp3) is 0.250. The lowest BCUT2D eigenvalue weighted by molar-refractivity contribution is 0.0951. The number of carbonyl (C=O) groups is 1. The summed E-state index contributed by atoms with van der Waals surface area (Å²) in [6.07, 6.45) is 6.51. The molecule has 0 radical (unpaired) electrons. The third-order valence-corrected chi connectivity index (χ3v) is 3.65. The van der Waals surface area contributed by atoms with Crippen molar-refractivity contribution >= 4 is 5.78 Å². The van der Waals surface area contributed by atoms with E-state index in [9.17, 15) is 4.79 Å². The van der Waals surface area contributed by atoms with Crippen LogP contribution >= 0.6 is 0 Å². The second kappa shape index (κ2) is 4.73. The van der Waals surface area contributed by atoms with Gasteiger partial charge in [-0.3, -0.25) is 9.78 Å². The first-order valence-electron chi connectivity index (χ1n) is 6.38. The molecule has 1 heterocycles. The summed E-state index contributed by atoms with van der Waals surface area (Å²) in [5.74, 6) is 0.252. The molecule has 18 heavy (non-hydrogen) atoms. The van der Waals surface area contributed by atoms with Crippen LogP contribution in [0.2, 0.25) is 0 Å². The van der Waals surface area contributed by atoms with E-state index in [4.69, 9.17) is 0 Å². The predicted octanol–water partition coefficient (Wildman–Crippen LogP) is 3.38. The third kappa shape index (κ3) is 1.94. The van der Waals surface area contributed by atoms with Crippen molar-refractivity contribution in [3.63, 3.8) is 0 Å². The normalized spacial score (nSPS) is 18.1. The molecule has 1 aliphatic rings. The van der Waals surface area contributed by atoms with E-state index in [1.807, 2.05) is 6.07 Å². The topological polar surface area (TPSA) is 30.0 Å². The Bertz CT molecular complexity index is 562. The number of hydrogen-bond donors (Lipinski definition) is 0. The first kappa shape index (κ1) is 11.1. The molecule has 0 N–H and O–H groups in total. The quantitative estimate of drug-likeness (QED) is 0.749. The minimum atomic E-state index is 0.0253. The molecule has 1 aliphatic carbocycles. The number of fused-ring (bicyclic) bond motifs is 1. The molecular formula is C16H15NO. The molecule has 2 nitrogen and oxygen atoms in total. The van der Waals surface area contributed by atoms with Crippen molar-refractivity contribution in [2.75, 3.05) is 0 Å². The molecule has 1 atom stereocenters. The van der Waals surface area contributed by atoms with Crippen LogP contribution in [-0.2, 0) is 6.42 Å². The Kier molecular flexibility index (Phi) is 2.93. The smallest absolute Gasteiger partial charge is 0.170 e. The Morgan fingerprint density at radius 1 is 1.11 bits per heavy atom. The molecule has 2 heteroatoms. The maximum atomic E-state index is 12.5. The van der Waals surface area contributed by atoms with Gasteiger partial charge in [-0.1, -0.05) is 24.3 Å². The van der Waals surface area contributed by atoms with E-state index in [0.717, 1.165) is 24.8 Å². The van der Waals surface area contributed by atoms with Gasteiger partial charge in [0.2, 0.25) is 0 Å². The summed E-state index contributed by atoms with van der Waals surface area (Å²) in [5.41, 5.74) is 3.31. The van der Waals surface area contributed by atoms with Crippen LogP contribution in [0.5, 0.6) is 0 Å². The number of rotatable bonds is 2. The highest BCUT2D eigenvalue weighted by atomic mass is 16.1. The number of pyridine rings is 1. The second-order valence-corrected chi connectivity index (χ2v) is 4.74. The van der Waals surface area contributed by atoms with E-state index in [1.54, 1.807) is 24.5 Å². The molecule has 0 saturated carbocycles. The van der Waals surface area contributed by atoms with Crippen LogP contribution in [0, 0.1) is 0 Å². The highest BCUT2D eigenvalue weighted by Crippen LogP contribution is 2.33. The first-order valence-corrected chi connectivity index (χ1v) is 6.38. The maximum Gasteiger partial charge on any atom is 0.170 e. The van der Waals surface area contributed by atoms with Crippen molar-refractivity contribution in [1.29, 1.82) is 0 Å². The molecule has 0 aliphatic heterocycles. The van der Waals surface area contributed by atoms with Gasteiger partial charge in [0.1, 0.15) is 0 Å². The minimum absolute atomic E-state index is 0.0253. The average Bonchev–Trinajstić information content (AvgIpc) is 2.47. The molecule has 2 aromatic rings. The molecule has 1 aromatic heterocycles. The average molecular weight is 237 g/mol. The Morgan fingerprint density at radius 2 is 1.89 bits per heavy atom. The molecule has 0 spiro atoms. The van der Waals surface area contributed by atoms with E-state index in [1.165, 1.54) is 11.1 Å². The molecule has 0 amide bonds. The maximum absolute atomic E-state index is 12.5. The van der Waals surface area contributed by atoms with E-state index in [2.05, 4.69) is 23.2 Å². The van der Waals surface area contributed by atoms with E-state index in [-0.39, 0.29) is 11.7 Å². The number of aryl methyl sites for hydroxylation is 1. The summed E-state index contributed by atoms with van der Waals surface area (Å²) in [6.45, 7) is 0. The zero-order chi connectivity index (χ0) is 12.4. The van der Waals surface area contributed by atoms with Gasteiger partial charge in [-0.2, -0.15) is 0 Å². The third-order valence-electron chi connectivity index (χ3n) is 3.65. The summed E-state index contributed by atoms with van der Waals surface area (Å²) in [6, 6.07) is 11.9. The number of benzene rings is 1. The number of aromatic nitrogens is 1. The summed E-state index contributed by atoms with van der Waals surface area (Å²) in [4.78, 5) is 16.5. The minimum Gasteiger partial charge on any atom is -0.293 e. The van der Waals surface area contributed by atoms with Gasteiger partial charge in [-0.15, -0.1) is 0 Å². The first-order chi connectivity index (χ1) is 8.86. The van der Waals surface area contributed by atoms with E-state index in [0.29, 0.717) is 0 Å². The zero-order valence-corrected chi connectivity index (χ0v) is 10.2. The molecule has 0 saturated heterocycles. The standard InChI is InChI=1S/C16H15NO/c18-16(13-8-10-17-11-9-13)15-7-3-5-12-4-1-2-6-14(12)15/h1-2,4,6,8-11,15H,3,5,7H2. The van der Waals surface area contributed by atoms with Crippen LogP contribution in [0.1, 0.15) is 40.2 Å². The van der Waals surface area contributed by atoms with Gasteiger partial charge in [-0.25, -0.2) is 0 Å². The highest BCUT2D eigenvalue weighted by molar-refractivity contribution is 6.01. The van der Waals surface area contributed by atoms with Crippen molar-refractivity contribution in [3.05, 3.63) is 65.5 Å². The van der Waals surface area contributed by atoms with Gasteiger partial charge in [0.15, 0.2) is 5.78 Å². The van der Waals surface area contributed by atoms with Gasteiger partial charge >= 0.3 is 0 Å². The summed E-state index contributed by atoms with van der Waals surface area (Å²) in [5, 5.41) is 0. The summed E-state index contributed by atoms with van der Waals surface area (Å²) >= 11 is 0. The zero-order valence-electron chi connectivity index (χ0n) is 10.2. The Balaban J connectivity index is 1.97. The number of ketones is 1. The second-order valence-electron chi connectivity index (χ2n) is 4.74. The Labute approximate surface area is 107 Å². The van der Waals surface area contributed by atoms with Crippen molar-refractivity contribution in [3.8, 4) is 0 Å². The number of hydrogen-bond acceptors (Lipinski definition) is 2. The predicted molar refractivity (Wildman–Crippen MR) is 70.7 cm³/mol. The fourth-order valence-corrected chi connectivity index (χ4v) is 2.74. The highest BCUT2D eigenvalue weighted by Gasteiger charge is 2.26. The molecule has 0 fully saturated rings. The molecule has 3 rings (SSSR count). The van der Waals surface area contributed by atoms with Gasteiger partial charge in [-0.05, 0) is 42.5 Å². The Hall–Kier alpha value is -1.96. The molecular weight excluding hydrogens is 222 g/mol. The van der Waals surface area contributed by atoms with Crippen LogP contribution < -0.4 is 0 Å². The van der Waals surface area contributed by atoms with Crippen molar-refractivity contribution in [2.45, 2.75) is 25.2 Å². The van der Waals surface area contributed by atoms with Gasteiger partial charge < -0.3 is 0 Å². The number of nitrogens with zero attached hydrogens (tertiary/aromatic N) is 1. The van der Waals surface area contributed by atoms with Crippen molar-refractivity contribution < 1.29 is 4.79 Å². The van der Waals surface area contributed by atoms with Crippen molar-refractivity contribution in [2.24, 2.45) is 0 Å². The van der Waals surface area contributed by atoms with E-state index < -0.39 is 0 Å². The van der Waals surface area contributed by atoms with Crippen LogP contribution in [0.25, 0.3) is 0 Å². The van der Waals surface area contributed by atoms with Gasteiger partial charge in [0, 0.05) is 23.9 Å². The van der Waals surface area contributed by atoms with Crippen LogP contribution in [0.4, 0.5) is 0 Å². The molecule has 1 unspecified atom stereocenters. The lowest BCUT2D eigenvalue weighted by Gasteiger charge is -2.24. The SMILES string of the molecule is O=C(c1ccncc1)C1CCCc2ccccc21. The van der Waals surface area contributed by atoms with Crippen LogP contribution in [0.15, 0.2) is 48.8 Å². The van der Waals surface area contributed by atoms with Crippen LogP contribution in [-0.4, -0.2) is 10.8 Å². The monoisotopic (exact) mass is 237 g/mol. The lowest BCUT2D eigenvalue weighted by atomic mass is 9.79. The number of carbonyl (C=O) groups excluding carboxylic acids is 1. The van der Waals surface area contributed by atoms with Gasteiger partial charge in [0.25, 0.3) is 0 Å².